The van der Waals surface area contributed by atoms with Crippen molar-refractivity contribution in [3.63, 3.8) is 0 Å². The van der Waals surface area contributed by atoms with Gasteiger partial charge in [-0.2, -0.15) is 0 Å². The van der Waals surface area contributed by atoms with Gasteiger partial charge in [0.15, 0.2) is 5.70 Å². The first-order valence-corrected chi connectivity index (χ1v) is 12.1. The molecule has 37 heavy (non-hydrogen) atoms. The number of anilines is 2. The number of carbonyl (C=O) groups is 1. The molecular weight excluding hydrogens is 464 g/mol. The first-order valence-electron chi connectivity index (χ1n) is 12.1. The Morgan fingerprint density at radius 2 is 2.08 bits per heavy atom. The number of hydrogen-bond acceptors (Lipinski definition) is 7. The molecular formula is C28H32N8O. The number of pyridine rings is 1. The summed E-state index contributed by atoms with van der Waals surface area (Å²) in [7, 11) is 0. The van der Waals surface area contributed by atoms with Gasteiger partial charge in [0.05, 0.1) is 5.35 Å². The number of fused-ring (bicyclic) bond motifs is 1. The molecule has 3 heterocycles. The lowest BCUT2D eigenvalue weighted by Gasteiger charge is -2.22. The van der Waals surface area contributed by atoms with Crippen molar-refractivity contribution in [1.29, 1.82) is 5.41 Å². The number of rotatable bonds is 7. The van der Waals surface area contributed by atoms with Crippen LogP contribution in [-0.4, -0.2) is 34.0 Å². The number of aliphatic imine (C=N–C) groups is 1. The number of benzene rings is 1. The molecule has 0 radical (unpaired) electrons. The maximum absolute atomic E-state index is 12.8. The number of primary amides is 1. The average molecular weight is 497 g/mol. The van der Waals surface area contributed by atoms with Gasteiger partial charge in [0, 0.05) is 56.8 Å². The van der Waals surface area contributed by atoms with Crippen molar-refractivity contribution in [2.45, 2.75) is 40.3 Å². The molecule has 1 amide bonds. The first-order chi connectivity index (χ1) is 17.7. The second kappa shape index (κ2) is 10.5. The summed E-state index contributed by atoms with van der Waals surface area (Å²) < 4.78 is 0. The molecule has 0 bridgehead atoms. The van der Waals surface area contributed by atoms with E-state index in [0.29, 0.717) is 28.1 Å². The normalized spacial score (nSPS) is 17.1. The van der Waals surface area contributed by atoms with E-state index in [-0.39, 0.29) is 11.9 Å². The second-order valence-corrected chi connectivity index (χ2v) is 8.95. The summed E-state index contributed by atoms with van der Waals surface area (Å²) in [6, 6.07) is 7.30. The number of amides is 1. The van der Waals surface area contributed by atoms with Crippen LogP contribution in [0.1, 0.15) is 45.2 Å². The Labute approximate surface area is 215 Å². The van der Waals surface area contributed by atoms with Crippen LogP contribution in [0.5, 0.6) is 0 Å². The van der Waals surface area contributed by atoms with Crippen molar-refractivity contribution in [2.24, 2.45) is 10.7 Å². The van der Waals surface area contributed by atoms with Gasteiger partial charge in [-0.25, -0.2) is 9.98 Å². The molecule has 4 rings (SSSR count). The highest BCUT2D eigenvalue weighted by Gasteiger charge is 2.17. The smallest absolute Gasteiger partial charge is 0.269 e. The third-order valence-corrected chi connectivity index (χ3v) is 6.41. The van der Waals surface area contributed by atoms with Crippen LogP contribution in [0.15, 0.2) is 59.4 Å². The van der Waals surface area contributed by atoms with Gasteiger partial charge in [0.1, 0.15) is 12.0 Å². The van der Waals surface area contributed by atoms with Crippen LogP contribution in [0.4, 0.5) is 11.5 Å². The molecule has 1 atom stereocenters. The lowest BCUT2D eigenvalue weighted by Crippen LogP contribution is -2.35. The molecule has 0 spiro atoms. The molecule has 2 aromatic heterocycles. The summed E-state index contributed by atoms with van der Waals surface area (Å²) in [5, 5.41) is 16.7. The first kappa shape index (κ1) is 25.4. The number of H-pyrrole nitrogens is 1. The zero-order valence-corrected chi connectivity index (χ0v) is 21.4. The minimum absolute atomic E-state index is 0.0928. The largest absolute Gasteiger partial charge is 0.398 e. The fourth-order valence-electron chi connectivity index (χ4n) is 4.43. The SMILES string of the molecule is CC/C(C)=c1/c(=C(\N=C(C)c2cccnc2NC2C=CC=C(C)N2)C(N)=O)[nH]c2ccc(N)c(C=N)c12. The van der Waals surface area contributed by atoms with Gasteiger partial charge in [0.2, 0.25) is 0 Å². The Morgan fingerprint density at radius 1 is 1.30 bits per heavy atom. The third-order valence-electron chi connectivity index (χ3n) is 6.41. The minimum atomic E-state index is -0.670. The maximum atomic E-state index is 12.8. The summed E-state index contributed by atoms with van der Waals surface area (Å²) in [5.74, 6) is -0.0482. The van der Waals surface area contributed by atoms with E-state index in [0.717, 1.165) is 39.4 Å². The van der Waals surface area contributed by atoms with Crippen LogP contribution < -0.4 is 32.7 Å². The number of dihydropyridines is 1. The van der Waals surface area contributed by atoms with E-state index in [4.69, 9.17) is 21.9 Å². The monoisotopic (exact) mass is 496 g/mol. The van der Waals surface area contributed by atoms with Crippen LogP contribution in [0.2, 0.25) is 0 Å². The molecule has 190 valence electrons. The molecule has 1 aromatic carbocycles. The van der Waals surface area contributed by atoms with Gasteiger partial charge in [-0.05, 0) is 63.6 Å². The van der Waals surface area contributed by atoms with E-state index in [1.54, 1.807) is 12.3 Å². The molecule has 0 saturated heterocycles. The Morgan fingerprint density at radius 3 is 2.76 bits per heavy atom. The molecule has 3 aromatic rings. The predicted octanol–water partition coefficient (Wildman–Crippen LogP) is 2.63. The van der Waals surface area contributed by atoms with Crippen LogP contribution in [0.3, 0.4) is 0 Å². The number of nitrogen functional groups attached to an aromatic ring is 1. The zero-order valence-electron chi connectivity index (χ0n) is 21.4. The number of hydrogen-bond donors (Lipinski definition) is 6. The number of aromatic nitrogens is 2. The molecule has 0 aliphatic carbocycles. The van der Waals surface area contributed by atoms with Crippen LogP contribution >= 0.6 is 0 Å². The van der Waals surface area contributed by atoms with Gasteiger partial charge in [0.25, 0.3) is 5.91 Å². The average Bonchev–Trinajstić information content (AvgIpc) is 3.26. The summed E-state index contributed by atoms with van der Waals surface area (Å²) in [6.07, 6.45) is 9.48. The van der Waals surface area contributed by atoms with Gasteiger partial charge in [-0.1, -0.05) is 18.6 Å². The number of carbonyl (C=O) groups excluding carboxylic acids is 1. The number of allylic oxidation sites excluding steroid dienone is 3. The molecule has 0 saturated carbocycles. The molecule has 1 aliphatic rings. The number of nitrogens with one attached hydrogen (secondary N) is 4. The van der Waals surface area contributed by atoms with Crippen molar-refractivity contribution in [3.8, 4) is 0 Å². The van der Waals surface area contributed by atoms with Crippen molar-refractivity contribution in [1.82, 2.24) is 15.3 Å². The van der Waals surface area contributed by atoms with Crippen LogP contribution in [0, 0.1) is 5.41 Å². The lowest BCUT2D eigenvalue weighted by molar-refractivity contribution is -0.113. The quantitative estimate of drug-likeness (QED) is 0.219. The summed E-state index contributed by atoms with van der Waals surface area (Å²) in [5.41, 5.74) is 17.4. The minimum Gasteiger partial charge on any atom is -0.398 e. The van der Waals surface area contributed by atoms with Crippen molar-refractivity contribution in [2.75, 3.05) is 11.1 Å². The Balaban J connectivity index is 1.95. The van der Waals surface area contributed by atoms with Crippen molar-refractivity contribution in [3.05, 3.63) is 76.1 Å². The molecule has 0 fully saturated rings. The van der Waals surface area contributed by atoms with Gasteiger partial charge in [-0.3, -0.25) is 4.79 Å². The Kier molecular flexibility index (Phi) is 7.24. The number of aromatic amines is 1. The van der Waals surface area contributed by atoms with Gasteiger partial charge >= 0.3 is 0 Å². The summed E-state index contributed by atoms with van der Waals surface area (Å²) in [6.45, 7) is 7.83. The van der Waals surface area contributed by atoms with E-state index in [9.17, 15) is 4.79 Å². The van der Waals surface area contributed by atoms with Crippen molar-refractivity contribution >= 4 is 51.5 Å². The summed E-state index contributed by atoms with van der Waals surface area (Å²) >= 11 is 0. The predicted molar refractivity (Wildman–Crippen MR) is 152 cm³/mol. The van der Waals surface area contributed by atoms with Gasteiger partial charge < -0.3 is 32.5 Å². The topological polar surface area (TPSA) is 158 Å². The highest BCUT2D eigenvalue weighted by Crippen LogP contribution is 2.20. The Hall–Kier alpha value is -4.66. The van der Waals surface area contributed by atoms with Crippen LogP contribution in [0.25, 0.3) is 22.2 Å². The standard InChI is InChI=1S/C28H32N8O/c1-5-15(2)23-24-19(14-29)20(30)11-12-21(24)35-25(23)26(27(31)37)34-17(4)18-9-7-13-32-28(18)36-22-10-6-8-16(3)33-22/h6-14,22,29,33,35H,5,30H2,1-4H3,(H2,31,37)(H,32,36)/b23-15+,26-25+,29-14?,34-17?. The Bertz CT molecular complexity index is 1610. The molecule has 8 N–H and O–H groups in total. The fraction of sp³-hybridized carbons (Fsp3) is 0.214. The fourth-order valence-corrected chi connectivity index (χ4v) is 4.43. The molecule has 1 unspecified atom stereocenters. The number of nitrogens with zero attached hydrogens (tertiary/aromatic N) is 2. The molecule has 9 nitrogen and oxygen atoms in total. The van der Waals surface area contributed by atoms with Crippen LogP contribution in [-0.2, 0) is 4.79 Å². The zero-order chi connectivity index (χ0) is 26.7. The second-order valence-electron chi connectivity index (χ2n) is 8.95. The third kappa shape index (κ3) is 5.02. The van der Waals surface area contributed by atoms with Gasteiger partial charge in [-0.15, -0.1) is 0 Å². The van der Waals surface area contributed by atoms with E-state index >= 15 is 0 Å². The molecule has 9 heteroatoms. The lowest BCUT2D eigenvalue weighted by atomic mass is 10.0. The highest BCUT2D eigenvalue weighted by molar-refractivity contribution is 6.17. The van der Waals surface area contributed by atoms with Crippen molar-refractivity contribution < 1.29 is 4.79 Å². The highest BCUT2D eigenvalue weighted by atomic mass is 16.1. The summed E-state index contributed by atoms with van der Waals surface area (Å²) in [4.78, 5) is 25.4. The van der Waals surface area contributed by atoms with E-state index in [1.807, 2.05) is 64.1 Å². The maximum Gasteiger partial charge on any atom is 0.269 e. The van der Waals surface area contributed by atoms with E-state index < -0.39 is 5.91 Å². The molecule has 1 aliphatic heterocycles. The van der Waals surface area contributed by atoms with E-state index in [1.165, 1.54) is 6.21 Å². The number of nitrogens with two attached hydrogens (primary N) is 2. The van der Waals surface area contributed by atoms with E-state index in [2.05, 4.69) is 20.6 Å².